The van der Waals surface area contributed by atoms with E-state index in [1.165, 1.54) is 11.6 Å². The Balaban J connectivity index is 0.000000342. The first-order valence-corrected chi connectivity index (χ1v) is 7.07. The van der Waals surface area contributed by atoms with Gasteiger partial charge in [0.05, 0.1) is 0 Å². The Morgan fingerprint density at radius 3 is 0.783 bits per heavy atom. The second-order valence-electron chi connectivity index (χ2n) is 4.51. The molecule has 0 aromatic carbocycles. The zero-order valence-electron chi connectivity index (χ0n) is 12.7. The summed E-state index contributed by atoms with van der Waals surface area (Å²) in [6.07, 6.45) is 36.6. The van der Waals surface area contributed by atoms with Gasteiger partial charge in [-0.15, -0.1) is 0 Å². The molecule has 23 heavy (non-hydrogen) atoms. The molecule has 21 radical (unpaired) electrons. The molecule has 4 aliphatic carbocycles. The zero-order chi connectivity index (χ0) is 14.6. The average molecular weight is 381 g/mol. The second kappa shape index (κ2) is 16.6. The van der Waals surface area contributed by atoms with Crippen molar-refractivity contribution in [3.8, 4) is 0 Å². The fourth-order valence-electron chi connectivity index (χ4n) is 1.80. The van der Waals surface area contributed by atoms with Crippen molar-refractivity contribution in [2.24, 2.45) is 0 Å². The monoisotopic (exact) mass is 381 g/mol. The van der Waals surface area contributed by atoms with E-state index in [1.807, 2.05) is 64.2 Å². The van der Waals surface area contributed by atoms with Crippen LogP contribution in [0.2, 0.25) is 0 Å². The number of hydrogen-bond donors (Lipinski definition) is 0. The first kappa shape index (κ1) is 24.1. The summed E-state index contributed by atoms with van der Waals surface area (Å²) >= 11 is 0. The van der Waals surface area contributed by atoms with Crippen LogP contribution in [0.25, 0.3) is 0 Å². The van der Waals surface area contributed by atoms with Gasteiger partial charge >= 0.3 is 34.1 Å². The predicted octanol–water partition coefficient (Wildman–Crippen LogP) is 3.45. The minimum atomic E-state index is 0. The third-order valence-electron chi connectivity index (χ3n) is 2.82. The molecule has 0 atom stereocenters. The minimum Gasteiger partial charge on any atom is -0.0512 e. The molecule has 0 aliphatic heterocycles. The molecule has 0 N–H and O–H groups in total. The molecule has 4 aliphatic rings. The van der Waals surface area contributed by atoms with Crippen molar-refractivity contribution in [2.75, 3.05) is 0 Å². The predicted molar refractivity (Wildman–Crippen MR) is 89.6 cm³/mol. The van der Waals surface area contributed by atoms with Crippen molar-refractivity contribution in [1.82, 2.24) is 0 Å². The maximum Gasteiger partial charge on any atom is 2.00 e. The van der Waals surface area contributed by atoms with Crippen LogP contribution in [0.4, 0.5) is 0 Å². The van der Waals surface area contributed by atoms with Gasteiger partial charge in [-0.3, -0.25) is 0 Å². The van der Waals surface area contributed by atoms with Crippen LogP contribution in [0.15, 0.2) is 0 Å². The Kier molecular flexibility index (Phi) is 17.4. The smallest absolute Gasteiger partial charge is 0.0512 e. The molecule has 0 nitrogen and oxygen atoms in total. The van der Waals surface area contributed by atoms with E-state index in [4.69, 9.17) is 0 Å². The van der Waals surface area contributed by atoms with E-state index >= 15 is 0 Å². The molecule has 0 aromatic heterocycles. The molecule has 0 amide bonds. The van der Waals surface area contributed by atoms with Crippen LogP contribution < -0.4 is 0 Å². The van der Waals surface area contributed by atoms with Gasteiger partial charge in [0.25, 0.3) is 0 Å². The fourth-order valence-corrected chi connectivity index (χ4v) is 1.80. The quantitative estimate of drug-likeness (QED) is 0.644. The van der Waals surface area contributed by atoms with Gasteiger partial charge in [0.2, 0.25) is 0 Å². The summed E-state index contributed by atoms with van der Waals surface area (Å²) in [4.78, 5) is 0. The zero-order valence-corrected chi connectivity index (χ0v) is 14.9. The molecule has 3 heteroatoms. The molecule has 4 fully saturated rings. The molecule has 113 valence electrons. The Morgan fingerprint density at radius 2 is 0.565 bits per heavy atom. The Bertz CT molecular complexity index is 189. The molecule has 4 rings (SSSR count). The largest absolute Gasteiger partial charge is 2.00 e. The van der Waals surface area contributed by atoms with Crippen LogP contribution in [0, 0.1) is 127 Å². The summed E-state index contributed by atoms with van der Waals surface area (Å²) in [7, 11) is 2.17. The molecule has 0 unspecified atom stereocenters. The molecular weight excluding hydrogens is 363 g/mol. The van der Waals surface area contributed by atoms with Crippen LogP contribution in [-0.2, 0) is 34.1 Å². The van der Waals surface area contributed by atoms with Gasteiger partial charge in [-0.05, 0) is 116 Å². The van der Waals surface area contributed by atoms with E-state index in [0.717, 1.165) is 0 Å². The topological polar surface area (TPSA) is 0 Å². The van der Waals surface area contributed by atoms with Crippen molar-refractivity contribution >= 4 is 7.28 Å². The molecule has 0 bridgehead atoms. The van der Waals surface area contributed by atoms with Crippen molar-refractivity contribution < 1.29 is 34.1 Å². The first-order chi connectivity index (χ1) is 10.4. The van der Waals surface area contributed by atoms with Gasteiger partial charge < -0.3 is 0 Å². The molecule has 4 saturated carbocycles. The van der Waals surface area contributed by atoms with Gasteiger partial charge in [-0.1, -0.05) is 11.6 Å². The van der Waals surface area contributed by atoms with Crippen LogP contribution >= 0.6 is 0 Å². The standard InChI is InChI=1S/C10H8B.2C5H5.2Fe/c1-2-6-9(5-1)11-10-7-3-4-8-10;2*1-2-4-5-3-1;;/h1-8H;2*1-5H;;/q;;;2*+2. The first-order valence-electron chi connectivity index (χ1n) is 7.07. The Labute approximate surface area is 168 Å². The SMILES string of the molecule is [B]([C]1[CH][CH][CH][CH]1)[C]1[CH][CH][CH][CH]1.[CH]1[CH][CH][CH][CH]1.[CH]1[CH][CH][CH][CH]1.[Fe+2].[Fe+2]. The van der Waals surface area contributed by atoms with E-state index in [2.05, 4.69) is 58.6 Å². The molecule has 0 spiro atoms. The van der Waals surface area contributed by atoms with E-state index in [9.17, 15) is 0 Å². The normalized spacial score (nSPS) is 23.8. The summed E-state index contributed by atoms with van der Waals surface area (Å²) in [5.74, 6) is 2.55. The van der Waals surface area contributed by atoms with Gasteiger partial charge in [0.15, 0.2) is 0 Å². The summed E-state index contributed by atoms with van der Waals surface area (Å²) in [5.41, 5.74) is 0. The summed E-state index contributed by atoms with van der Waals surface area (Å²) < 4.78 is 0. The fraction of sp³-hybridized carbons (Fsp3) is 0. The molecule has 0 aromatic rings. The van der Waals surface area contributed by atoms with E-state index in [1.54, 1.807) is 0 Å². The molecule has 0 heterocycles. The maximum absolute atomic E-state index is 2.17. The van der Waals surface area contributed by atoms with E-state index in [0.29, 0.717) is 0 Å². The van der Waals surface area contributed by atoms with Gasteiger partial charge in [-0.2, -0.15) is 0 Å². The van der Waals surface area contributed by atoms with Crippen LogP contribution in [0.3, 0.4) is 0 Å². The molecule has 0 saturated heterocycles. The minimum absolute atomic E-state index is 0. The average Bonchev–Trinajstić information content (AvgIpc) is 3.30. The van der Waals surface area contributed by atoms with Gasteiger partial charge in [0.1, 0.15) is 7.28 Å². The van der Waals surface area contributed by atoms with Crippen LogP contribution in [0.1, 0.15) is 0 Å². The summed E-state index contributed by atoms with van der Waals surface area (Å²) in [6, 6.07) is 0. The second-order valence-corrected chi connectivity index (χ2v) is 4.51. The summed E-state index contributed by atoms with van der Waals surface area (Å²) in [5, 5.41) is 0. The van der Waals surface area contributed by atoms with Crippen LogP contribution in [-0.4, -0.2) is 7.28 Å². The Hall–Kier alpha value is 1.10. The van der Waals surface area contributed by atoms with E-state index < -0.39 is 0 Å². The van der Waals surface area contributed by atoms with Crippen molar-refractivity contribution in [3.05, 3.63) is 127 Å². The van der Waals surface area contributed by atoms with Crippen molar-refractivity contribution in [2.45, 2.75) is 0 Å². The van der Waals surface area contributed by atoms with Crippen LogP contribution in [0.5, 0.6) is 0 Å². The van der Waals surface area contributed by atoms with Gasteiger partial charge in [-0.25, -0.2) is 0 Å². The maximum atomic E-state index is 2.17. The number of hydrogen-bond acceptors (Lipinski definition) is 0. The van der Waals surface area contributed by atoms with Gasteiger partial charge in [0, 0.05) is 0 Å². The third kappa shape index (κ3) is 12.1. The summed E-state index contributed by atoms with van der Waals surface area (Å²) in [6.45, 7) is 0. The Morgan fingerprint density at radius 1 is 0.348 bits per heavy atom. The third-order valence-corrected chi connectivity index (χ3v) is 2.82. The number of rotatable bonds is 2. The molecular formula is C20H18BFe2+4. The van der Waals surface area contributed by atoms with E-state index in [-0.39, 0.29) is 34.1 Å². The van der Waals surface area contributed by atoms with Crippen molar-refractivity contribution in [1.29, 1.82) is 0 Å². The van der Waals surface area contributed by atoms with Crippen molar-refractivity contribution in [3.63, 3.8) is 0 Å².